The Morgan fingerprint density at radius 1 is 1.25 bits per heavy atom. The molecule has 3 aromatic rings. The Balaban J connectivity index is 1.64. The van der Waals surface area contributed by atoms with Crippen LogP contribution in [0.1, 0.15) is 48.0 Å². The van der Waals surface area contributed by atoms with Gasteiger partial charge in [-0.05, 0) is 73.3 Å². The normalized spacial score (nSPS) is 15.5. The van der Waals surface area contributed by atoms with Crippen LogP contribution in [0.4, 0.5) is 5.69 Å². The second-order valence-corrected chi connectivity index (χ2v) is 7.08. The van der Waals surface area contributed by atoms with E-state index in [9.17, 15) is 0 Å². The molecule has 1 aliphatic carbocycles. The van der Waals surface area contributed by atoms with Crippen molar-refractivity contribution in [3.8, 4) is 11.4 Å². The van der Waals surface area contributed by atoms with Gasteiger partial charge in [0.2, 0.25) is 0 Å². The van der Waals surface area contributed by atoms with Gasteiger partial charge in [-0.15, -0.1) is 10.2 Å². The predicted octanol–water partition coefficient (Wildman–Crippen LogP) is 3.32. The Morgan fingerprint density at radius 2 is 2.08 bits per heavy atom. The Bertz CT molecular complexity index is 865. The van der Waals surface area contributed by atoms with Crippen molar-refractivity contribution in [1.29, 1.82) is 0 Å². The molecule has 2 heterocycles. The van der Waals surface area contributed by atoms with Crippen molar-refractivity contribution in [2.24, 2.45) is 0 Å². The fourth-order valence-electron chi connectivity index (χ4n) is 2.84. The molecule has 1 N–H and O–H groups in total. The molecule has 1 unspecified atom stereocenters. The third-order valence-electron chi connectivity index (χ3n) is 4.33. The molecule has 0 radical (unpaired) electrons. The summed E-state index contributed by atoms with van der Waals surface area (Å²) in [4.78, 5) is 1.15. The lowest BCUT2D eigenvalue weighted by atomic mass is 10.1. The molecule has 2 aromatic heterocycles. The second-order valence-electron chi connectivity index (χ2n) is 6.30. The molecule has 1 atom stereocenters. The van der Waals surface area contributed by atoms with Gasteiger partial charge in [-0.1, -0.05) is 10.6 Å². The van der Waals surface area contributed by atoms with Crippen LogP contribution in [0.25, 0.3) is 11.4 Å². The van der Waals surface area contributed by atoms with Gasteiger partial charge in [-0.25, -0.2) is 4.68 Å². The van der Waals surface area contributed by atoms with Gasteiger partial charge in [0.1, 0.15) is 0 Å². The molecular weight excluding hydrogens is 322 g/mol. The predicted molar refractivity (Wildman–Crippen MR) is 92.9 cm³/mol. The van der Waals surface area contributed by atoms with Crippen molar-refractivity contribution >= 4 is 17.2 Å². The highest BCUT2D eigenvalue weighted by molar-refractivity contribution is 7.05. The maximum Gasteiger partial charge on any atom is 0.182 e. The first-order valence-corrected chi connectivity index (χ1v) is 8.85. The first-order valence-electron chi connectivity index (χ1n) is 8.07. The number of hydrogen-bond donors (Lipinski definition) is 1. The van der Waals surface area contributed by atoms with Crippen LogP contribution < -0.4 is 5.32 Å². The van der Waals surface area contributed by atoms with E-state index >= 15 is 0 Å². The molecule has 0 saturated heterocycles. The van der Waals surface area contributed by atoms with Crippen LogP contribution in [0, 0.1) is 13.8 Å². The summed E-state index contributed by atoms with van der Waals surface area (Å²) in [6, 6.07) is 6.93. The highest BCUT2D eigenvalue weighted by atomic mass is 32.1. The van der Waals surface area contributed by atoms with Crippen LogP contribution in [-0.2, 0) is 0 Å². The first-order chi connectivity index (χ1) is 11.6. The lowest BCUT2D eigenvalue weighted by molar-refractivity contribution is 0.615. The van der Waals surface area contributed by atoms with E-state index in [0.29, 0.717) is 6.04 Å². The number of nitrogens with one attached hydrogen (secondary N) is 1. The smallest absolute Gasteiger partial charge is 0.182 e. The minimum Gasteiger partial charge on any atom is -0.378 e. The third kappa shape index (κ3) is 2.77. The number of hydrogen-bond acceptors (Lipinski definition) is 7. The molecule has 0 spiro atoms. The van der Waals surface area contributed by atoms with Gasteiger partial charge < -0.3 is 5.32 Å². The van der Waals surface area contributed by atoms with Crippen LogP contribution >= 0.6 is 11.5 Å². The number of rotatable bonds is 5. The zero-order valence-electron chi connectivity index (χ0n) is 13.9. The minimum absolute atomic E-state index is 0.153. The Hall–Kier alpha value is -2.35. The number of aryl methyl sites for hydroxylation is 2. The molecule has 24 heavy (non-hydrogen) atoms. The van der Waals surface area contributed by atoms with Crippen LogP contribution in [0.15, 0.2) is 18.2 Å². The number of aromatic nitrogens is 6. The summed E-state index contributed by atoms with van der Waals surface area (Å²) in [5.74, 6) is 0.849. The summed E-state index contributed by atoms with van der Waals surface area (Å²) < 4.78 is 5.97. The average molecular weight is 341 g/mol. The zero-order chi connectivity index (χ0) is 16.7. The fraction of sp³-hybridized carbons (Fsp3) is 0.438. The van der Waals surface area contributed by atoms with Crippen molar-refractivity contribution in [1.82, 2.24) is 29.8 Å². The maximum absolute atomic E-state index is 4.25. The highest BCUT2D eigenvalue weighted by Crippen LogP contribution is 2.37. The van der Waals surface area contributed by atoms with E-state index in [1.807, 2.05) is 11.6 Å². The molecule has 0 amide bonds. The SMILES string of the molecule is Cc1ccc(NC(C)c2snnc2C)cc1-c1nnnn1C1CC1. The number of anilines is 1. The molecule has 124 valence electrons. The molecule has 1 aromatic carbocycles. The largest absolute Gasteiger partial charge is 0.378 e. The van der Waals surface area contributed by atoms with E-state index in [4.69, 9.17) is 0 Å². The molecule has 7 nitrogen and oxygen atoms in total. The molecule has 1 fully saturated rings. The number of nitrogens with zero attached hydrogens (tertiary/aromatic N) is 6. The highest BCUT2D eigenvalue weighted by Gasteiger charge is 2.28. The van der Waals surface area contributed by atoms with E-state index in [1.54, 1.807) is 0 Å². The van der Waals surface area contributed by atoms with E-state index < -0.39 is 0 Å². The quantitative estimate of drug-likeness (QED) is 0.767. The van der Waals surface area contributed by atoms with Crippen molar-refractivity contribution in [3.05, 3.63) is 34.3 Å². The van der Waals surface area contributed by atoms with Crippen LogP contribution in [0.2, 0.25) is 0 Å². The standard InChI is InChI=1S/C16H19N7S/c1-9-4-5-12(17-10(2)15-11(3)18-22-24-15)8-14(9)16-19-20-21-23(16)13-6-7-13/h4-5,8,10,13,17H,6-7H2,1-3H3. The Labute approximate surface area is 144 Å². The number of benzene rings is 1. The minimum atomic E-state index is 0.153. The number of tetrazole rings is 1. The Morgan fingerprint density at radius 3 is 2.79 bits per heavy atom. The van der Waals surface area contributed by atoms with Gasteiger partial charge >= 0.3 is 0 Å². The molecule has 4 rings (SSSR count). The van der Waals surface area contributed by atoms with Gasteiger partial charge in [0.25, 0.3) is 0 Å². The van der Waals surface area contributed by atoms with Crippen molar-refractivity contribution in [3.63, 3.8) is 0 Å². The van der Waals surface area contributed by atoms with Crippen LogP contribution in [-0.4, -0.2) is 29.8 Å². The molecule has 8 heteroatoms. The van der Waals surface area contributed by atoms with E-state index in [0.717, 1.165) is 40.5 Å². The van der Waals surface area contributed by atoms with Gasteiger partial charge in [-0.2, -0.15) is 0 Å². The summed E-state index contributed by atoms with van der Waals surface area (Å²) in [7, 11) is 0. The Kier molecular flexibility index (Phi) is 3.76. The third-order valence-corrected chi connectivity index (χ3v) is 5.34. The van der Waals surface area contributed by atoms with Crippen molar-refractivity contribution < 1.29 is 0 Å². The van der Waals surface area contributed by atoms with Gasteiger partial charge in [-0.3, -0.25) is 0 Å². The molecule has 1 saturated carbocycles. The van der Waals surface area contributed by atoms with E-state index in [1.165, 1.54) is 17.1 Å². The van der Waals surface area contributed by atoms with Crippen molar-refractivity contribution in [2.75, 3.05) is 5.32 Å². The van der Waals surface area contributed by atoms with Gasteiger partial charge in [0.15, 0.2) is 5.82 Å². The zero-order valence-corrected chi connectivity index (χ0v) is 14.7. The molecular formula is C16H19N7S. The van der Waals surface area contributed by atoms with Gasteiger partial charge in [0, 0.05) is 11.3 Å². The topological polar surface area (TPSA) is 81.4 Å². The summed E-state index contributed by atoms with van der Waals surface area (Å²) in [5.41, 5.74) is 4.26. The first kappa shape index (κ1) is 15.2. The fourth-order valence-corrected chi connectivity index (χ4v) is 3.48. The molecule has 0 aliphatic heterocycles. The van der Waals surface area contributed by atoms with Crippen molar-refractivity contribution in [2.45, 2.75) is 45.7 Å². The van der Waals surface area contributed by atoms with Crippen LogP contribution in [0.5, 0.6) is 0 Å². The van der Waals surface area contributed by atoms with E-state index in [2.05, 4.69) is 62.5 Å². The lowest BCUT2D eigenvalue weighted by Gasteiger charge is -2.15. The van der Waals surface area contributed by atoms with Crippen LogP contribution in [0.3, 0.4) is 0 Å². The molecule has 0 bridgehead atoms. The summed E-state index contributed by atoms with van der Waals surface area (Å²) in [5, 5.41) is 19.9. The van der Waals surface area contributed by atoms with Gasteiger partial charge in [0.05, 0.1) is 22.7 Å². The summed E-state index contributed by atoms with van der Waals surface area (Å²) in [6.45, 7) is 6.20. The summed E-state index contributed by atoms with van der Waals surface area (Å²) >= 11 is 1.44. The lowest BCUT2D eigenvalue weighted by Crippen LogP contribution is -2.07. The molecule has 1 aliphatic rings. The average Bonchev–Trinajstić information content (AvgIpc) is 3.13. The van der Waals surface area contributed by atoms with E-state index in [-0.39, 0.29) is 6.04 Å². The second kappa shape index (κ2) is 5.94. The maximum atomic E-state index is 4.25. The monoisotopic (exact) mass is 341 g/mol. The summed E-state index contributed by atoms with van der Waals surface area (Å²) in [6.07, 6.45) is 2.31.